The van der Waals surface area contributed by atoms with Crippen molar-refractivity contribution in [2.75, 3.05) is 11.9 Å². The average molecular weight is 479 g/mol. The van der Waals surface area contributed by atoms with Crippen LogP contribution in [0.15, 0.2) is 73.3 Å². The highest BCUT2D eigenvalue weighted by Crippen LogP contribution is 2.30. The van der Waals surface area contributed by atoms with Gasteiger partial charge in [-0.25, -0.2) is 4.98 Å². The molecule has 35 heavy (non-hydrogen) atoms. The fourth-order valence-electron chi connectivity index (χ4n) is 3.92. The van der Waals surface area contributed by atoms with Gasteiger partial charge >= 0.3 is 6.18 Å². The number of pyridine rings is 1. The van der Waals surface area contributed by atoms with Crippen molar-refractivity contribution in [3.05, 3.63) is 107 Å². The Hall–Kier alpha value is -4.27. The Morgan fingerprint density at radius 3 is 2.40 bits per heavy atom. The normalized spacial score (nSPS) is 13.1. The minimum absolute atomic E-state index is 0.160. The average Bonchev–Trinajstić information content (AvgIpc) is 2.86. The van der Waals surface area contributed by atoms with Crippen LogP contribution >= 0.6 is 0 Å². The molecule has 0 fully saturated rings. The quantitative estimate of drug-likeness (QED) is 0.427. The van der Waals surface area contributed by atoms with Crippen LogP contribution in [0.25, 0.3) is 0 Å². The van der Waals surface area contributed by atoms with E-state index < -0.39 is 17.6 Å². The number of aromatic nitrogens is 1. The number of ketones is 1. The first-order chi connectivity index (χ1) is 16.7. The second-order valence-corrected chi connectivity index (χ2v) is 7.93. The van der Waals surface area contributed by atoms with Gasteiger partial charge in [-0.05, 0) is 47.9 Å². The first-order valence-corrected chi connectivity index (χ1v) is 10.7. The van der Waals surface area contributed by atoms with Crippen LogP contribution in [0, 0.1) is 0 Å². The Bertz CT molecular complexity index is 1320. The van der Waals surface area contributed by atoms with E-state index in [-0.39, 0.29) is 35.3 Å². The van der Waals surface area contributed by atoms with E-state index in [0.29, 0.717) is 18.5 Å². The van der Waals surface area contributed by atoms with Crippen LogP contribution in [0.4, 0.5) is 19.0 Å². The molecule has 6 nitrogen and oxygen atoms in total. The van der Waals surface area contributed by atoms with Gasteiger partial charge in [-0.1, -0.05) is 43.0 Å². The number of carbonyl (C=O) groups excluding carboxylic acids is 3. The molecule has 0 radical (unpaired) electrons. The maximum atomic E-state index is 13.1. The van der Waals surface area contributed by atoms with Crippen LogP contribution < -0.4 is 5.32 Å². The number of nitrogens with one attached hydrogen (secondary N) is 1. The number of nitrogens with zero attached hydrogens (tertiary/aromatic N) is 2. The van der Waals surface area contributed by atoms with Gasteiger partial charge in [0.05, 0.1) is 5.56 Å². The Kier molecular flexibility index (Phi) is 6.50. The summed E-state index contributed by atoms with van der Waals surface area (Å²) in [4.78, 5) is 43.4. The summed E-state index contributed by atoms with van der Waals surface area (Å²) in [6, 6.07) is 14.0. The summed E-state index contributed by atoms with van der Waals surface area (Å²) in [5, 5.41) is 2.51. The molecule has 1 aliphatic heterocycles. The molecule has 2 heterocycles. The van der Waals surface area contributed by atoms with Gasteiger partial charge in [0, 0.05) is 24.2 Å². The molecule has 9 heteroatoms. The van der Waals surface area contributed by atoms with E-state index in [2.05, 4.69) is 16.9 Å². The van der Waals surface area contributed by atoms with Gasteiger partial charge in [-0.3, -0.25) is 14.4 Å². The van der Waals surface area contributed by atoms with E-state index in [9.17, 15) is 27.6 Å². The molecule has 1 aliphatic rings. The standard InChI is InChI=1S/C26H20F3N3O3/c1-2-23(33)31-22-8-4-7-21(30-22)25(35)32-14-13-19-17(15-32)5-3-6-20(19)24(34)16-9-11-18(12-10-16)26(27,28)29/h2-12H,1,13-15H2,(H,30,31,33). The zero-order valence-electron chi connectivity index (χ0n) is 18.4. The van der Waals surface area contributed by atoms with Crippen molar-refractivity contribution in [2.24, 2.45) is 0 Å². The topological polar surface area (TPSA) is 79.4 Å². The van der Waals surface area contributed by atoms with Gasteiger partial charge in [0.1, 0.15) is 11.5 Å². The van der Waals surface area contributed by atoms with Crippen LogP contribution in [-0.4, -0.2) is 34.0 Å². The largest absolute Gasteiger partial charge is 0.416 e. The molecule has 0 aliphatic carbocycles. The number of carbonyl (C=O) groups is 3. The second-order valence-electron chi connectivity index (χ2n) is 7.93. The van der Waals surface area contributed by atoms with Gasteiger partial charge in [0.2, 0.25) is 5.91 Å². The summed E-state index contributed by atoms with van der Waals surface area (Å²) in [5.41, 5.74) is 1.45. The van der Waals surface area contributed by atoms with Crippen molar-refractivity contribution in [1.29, 1.82) is 0 Å². The lowest BCUT2D eigenvalue weighted by Crippen LogP contribution is -2.37. The van der Waals surface area contributed by atoms with Gasteiger partial charge in [0.15, 0.2) is 5.78 Å². The highest BCUT2D eigenvalue weighted by Gasteiger charge is 2.31. The van der Waals surface area contributed by atoms with Gasteiger partial charge in [0.25, 0.3) is 5.91 Å². The third-order valence-electron chi connectivity index (χ3n) is 5.68. The molecule has 2 aromatic carbocycles. The fourth-order valence-corrected chi connectivity index (χ4v) is 3.92. The fraction of sp³-hybridized carbons (Fsp3) is 0.154. The lowest BCUT2D eigenvalue weighted by atomic mass is 9.90. The molecule has 2 amide bonds. The summed E-state index contributed by atoms with van der Waals surface area (Å²) in [5.74, 6) is -0.922. The van der Waals surface area contributed by atoms with E-state index in [4.69, 9.17) is 0 Å². The number of hydrogen-bond donors (Lipinski definition) is 1. The van der Waals surface area contributed by atoms with Crippen molar-refractivity contribution in [3.63, 3.8) is 0 Å². The molecule has 1 aromatic heterocycles. The van der Waals surface area contributed by atoms with E-state index in [1.807, 2.05) is 6.07 Å². The number of amides is 2. The molecular formula is C26H20F3N3O3. The molecule has 1 N–H and O–H groups in total. The second kappa shape index (κ2) is 9.54. The summed E-state index contributed by atoms with van der Waals surface area (Å²) >= 11 is 0. The zero-order valence-corrected chi connectivity index (χ0v) is 18.4. The molecule has 0 unspecified atom stereocenters. The van der Waals surface area contributed by atoms with Crippen molar-refractivity contribution in [3.8, 4) is 0 Å². The maximum Gasteiger partial charge on any atom is 0.416 e. The smallest absolute Gasteiger partial charge is 0.333 e. The summed E-state index contributed by atoms with van der Waals surface area (Å²) in [6.07, 6.45) is -2.98. The number of hydrogen-bond acceptors (Lipinski definition) is 4. The predicted octanol–water partition coefficient (Wildman–Crippen LogP) is 4.65. The first kappa shape index (κ1) is 23.9. The molecule has 0 spiro atoms. The van der Waals surface area contributed by atoms with Crippen molar-refractivity contribution in [2.45, 2.75) is 19.1 Å². The van der Waals surface area contributed by atoms with Gasteiger partial charge in [-0.15, -0.1) is 0 Å². The Balaban J connectivity index is 1.54. The number of benzene rings is 2. The lowest BCUT2D eigenvalue weighted by molar-refractivity contribution is -0.137. The Morgan fingerprint density at radius 2 is 1.71 bits per heavy atom. The van der Waals surface area contributed by atoms with Gasteiger partial charge < -0.3 is 10.2 Å². The Labute approximate surface area is 199 Å². The molecule has 4 rings (SSSR count). The lowest BCUT2D eigenvalue weighted by Gasteiger charge is -2.30. The maximum absolute atomic E-state index is 13.1. The monoisotopic (exact) mass is 479 g/mol. The summed E-state index contributed by atoms with van der Waals surface area (Å²) < 4.78 is 38.5. The van der Waals surface area contributed by atoms with Crippen LogP contribution in [0.2, 0.25) is 0 Å². The van der Waals surface area contributed by atoms with E-state index in [1.54, 1.807) is 35.2 Å². The summed E-state index contributed by atoms with van der Waals surface area (Å²) in [7, 11) is 0. The number of fused-ring (bicyclic) bond motifs is 1. The van der Waals surface area contributed by atoms with E-state index in [0.717, 1.165) is 29.3 Å². The van der Waals surface area contributed by atoms with Crippen LogP contribution in [0.1, 0.15) is 43.1 Å². The molecule has 0 saturated heterocycles. The molecule has 178 valence electrons. The van der Waals surface area contributed by atoms with Crippen LogP contribution in [0.3, 0.4) is 0 Å². The number of alkyl halides is 3. The highest BCUT2D eigenvalue weighted by molar-refractivity contribution is 6.10. The van der Waals surface area contributed by atoms with Crippen molar-refractivity contribution >= 4 is 23.4 Å². The Morgan fingerprint density at radius 1 is 1.00 bits per heavy atom. The first-order valence-electron chi connectivity index (χ1n) is 10.7. The molecule has 0 saturated carbocycles. The predicted molar refractivity (Wildman–Crippen MR) is 123 cm³/mol. The molecule has 3 aromatic rings. The molecule has 0 bridgehead atoms. The third-order valence-corrected chi connectivity index (χ3v) is 5.68. The number of halogens is 3. The molecular weight excluding hydrogens is 459 g/mol. The number of anilines is 1. The third kappa shape index (κ3) is 5.13. The molecule has 0 atom stereocenters. The summed E-state index contributed by atoms with van der Waals surface area (Å²) in [6.45, 7) is 3.95. The highest BCUT2D eigenvalue weighted by atomic mass is 19.4. The van der Waals surface area contributed by atoms with Crippen LogP contribution in [-0.2, 0) is 23.9 Å². The van der Waals surface area contributed by atoms with Crippen LogP contribution in [0.5, 0.6) is 0 Å². The SMILES string of the molecule is C=CC(=O)Nc1cccc(C(=O)N2CCc3c(cccc3C(=O)c3ccc(C(F)(F)F)cc3)C2)n1. The van der Waals surface area contributed by atoms with Gasteiger partial charge in [-0.2, -0.15) is 13.2 Å². The number of rotatable bonds is 5. The van der Waals surface area contributed by atoms with E-state index in [1.165, 1.54) is 12.1 Å². The van der Waals surface area contributed by atoms with Crippen molar-refractivity contribution in [1.82, 2.24) is 9.88 Å². The minimum Gasteiger partial charge on any atom is -0.333 e. The zero-order chi connectivity index (χ0) is 25.2. The van der Waals surface area contributed by atoms with Crippen molar-refractivity contribution < 1.29 is 27.6 Å². The van der Waals surface area contributed by atoms with E-state index >= 15 is 0 Å². The minimum atomic E-state index is -4.48.